The zero-order chi connectivity index (χ0) is 17.9. The Morgan fingerprint density at radius 1 is 1.15 bits per heavy atom. The highest BCUT2D eigenvalue weighted by Crippen LogP contribution is 2.40. The van der Waals surface area contributed by atoms with Crippen LogP contribution in [0.2, 0.25) is 0 Å². The quantitative estimate of drug-likeness (QED) is 0.734. The van der Waals surface area contributed by atoms with Crippen molar-refractivity contribution in [3.63, 3.8) is 0 Å². The molecule has 5 heteroatoms. The first kappa shape index (κ1) is 18.1. The van der Waals surface area contributed by atoms with E-state index in [9.17, 15) is 4.79 Å². The first-order chi connectivity index (χ1) is 12.7. The molecule has 4 rings (SSSR count). The number of amides is 1. The summed E-state index contributed by atoms with van der Waals surface area (Å²) in [5.74, 6) is 2.09. The van der Waals surface area contributed by atoms with Gasteiger partial charge in [0.05, 0.1) is 5.56 Å². The molecule has 2 aliphatic carbocycles. The summed E-state index contributed by atoms with van der Waals surface area (Å²) in [4.78, 5) is 15.5. The molecule has 2 bridgehead atoms. The maximum absolute atomic E-state index is 13.1. The Kier molecular flexibility index (Phi) is 5.67. The average Bonchev–Trinajstić information content (AvgIpc) is 3.14. The van der Waals surface area contributed by atoms with Crippen LogP contribution in [0.15, 0.2) is 46.7 Å². The summed E-state index contributed by atoms with van der Waals surface area (Å²) < 4.78 is 0. The Balaban J connectivity index is 1.46. The van der Waals surface area contributed by atoms with E-state index < -0.39 is 0 Å². The summed E-state index contributed by atoms with van der Waals surface area (Å²) in [6.45, 7) is 0. The van der Waals surface area contributed by atoms with Crippen LogP contribution >= 0.6 is 23.1 Å². The molecule has 0 spiro atoms. The number of carbonyl (C=O) groups excluding carboxylic acids is 1. The molecule has 1 aromatic carbocycles. The second kappa shape index (κ2) is 8.15. The fourth-order valence-corrected chi connectivity index (χ4v) is 6.40. The zero-order valence-corrected chi connectivity index (χ0v) is 16.5. The van der Waals surface area contributed by atoms with Crippen LogP contribution in [0.5, 0.6) is 0 Å². The third kappa shape index (κ3) is 4.00. The lowest BCUT2D eigenvalue weighted by atomic mass is 9.67. The molecule has 2 aliphatic rings. The van der Waals surface area contributed by atoms with E-state index in [1.807, 2.05) is 18.2 Å². The predicted molar refractivity (Wildman–Crippen MR) is 110 cm³/mol. The van der Waals surface area contributed by atoms with Crippen molar-refractivity contribution in [1.82, 2.24) is 5.32 Å². The third-order valence-corrected chi connectivity index (χ3v) is 7.94. The molecule has 3 N–H and O–H groups in total. The zero-order valence-electron chi connectivity index (χ0n) is 14.9. The minimum absolute atomic E-state index is 0.0802. The SMILES string of the molecule is NC1CC2CCCC(C1)C2NC(=O)c1ccccc1SCc1cccs1. The normalized spacial score (nSPS) is 27.9. The van der Waals surface area contributed by atoms with Crippen molar-refractivity contribution in [2.75, 3.05) is 0 Å². The second-order valence-corrected chi connectivity index (χ2v) is 9.60. The monoisotopic (exact) mass is 386 g/mol. The summed E-state index contributed by atoms with van der Waals surface area (Å²) in [6.07, 6.45) is 5.78. The van der Waals surface area contributed by atoms with Gasteiger partial charge in [0, 0.05) is 27.6 Å². The van der Waals surface area contributed by atoms with E-state index in [4.69, 9.17) is 5.73 Å². The van der Waals surface area contributed by atoms with Gasteiger partial charge in [-0.1, -0.05) is 24.6 Å². The maximum Gasteiger partial charge on any atom is 0.252 e. The smallest absolute Gasteiger partial charge is 0.252 e. The lowest BCUT2D eigenvalue weighted by Crippen LogP contribution is -2.53. The summed E-state index contributed by atoms with van der Waals surface area (Å²) in [7, 11) is 0. The van der Waals surface area contributed by atoms with Gasteiger partial charge in [-0.05, 0) is 61.1 Å². The molecule has 1 heterocycles. The number of fused-ring (bicyclic) bond motifs is 2. The van der Waals surface area contributed by atoms with E-state index >= 15 is 0 Å². The number of benzene rings is 1. The average molecular weight is 387 g/mol. The largest absolute Gasteiger partial charge is 0.349 e. The van der Waals surface area contributed by atoms with E-state index in [2.05, 4.69) is 28.9 Å². The first-order valence-electron chi connectivity index (χ1n) is 9.51. The number of nitrogens with two attached hydrogens (primary N) is 1. The Labute approximate surface area is 163 Å². The minimum atomic E-state index is 0.0802. The molecule has 138 valence electrons. The Morgan fingerprint density at radius 2 is 1.92 bits per heavy atom. The highest BCUT2D eigenvalue weighted by Gasteiger charge is 2.40. The Hall–Kier alpha value is -1.30. The van der Waals surface area contributed by atoms with Crippen LogP contribution in [0.1, 0.15) is 47.3 Å². The van der Waals surface area contributed by atoms with Gasteiger partial charge in [0.2, 0.25) is 0 Å². The van der Waals surface area contributed by atoms with Crippen molar-refractivity contribution in [2.24, 2.45) is 17.6 Å². The summed E-state index contributed by atoms with van der Waals surface area (Å²) in [5, 5.41) is 5.48. The third-order valence-electron chi connectivity index (χ3n) is 5.76. The topological polar surface area (TPSA) is 55.1 Å². The van der Waals surface area contributed by atoms with Gasteiger partial charge < -0.3 is 11.1 Å². The van der Waals surface area contributed by atoms with Gasteiger partial charge >= 0.3 is 0 Å². The fraction of sp³-hybridized carbons (Fsp3) is 0.476. The molecule has 0 saturated heterocycles. The van der Waals surface area contributed by atoms with E-state index in [1.165, 1.54) is 24.1 Å². The van der Waals surface area contributed by atoms with Crippen LogP contribution in [0.3, 0.4) is 0 Å². The van der Waals surface area contributed by atoms with Gasteiger partial charge in [-0.15, -0.1) is 23.1 Å². The molecule has 26 heavy (non-hydrogen) atoms. The number of carbonyl (C=O) groups is 1. The van der Waals surface area contributed by atoms with Crippen LogP contribution in [-0.4, -0.2) is 18.0 Å². The molecule has 0 aliphatic heterocycles. The van der Waals surface area contributed by atoms with E-state index in [1.54, 1.807) is 23.1 Å². The molecular formula is C21H26N2OS2. The van der Waals surface area contributed by atoms with Crippen molar-refractivity contribution >= 4 is 29.0 Å². The number of thioether (sulfide) groups is 1. The number of hydrogen-bond donors (Lipinski definition) is 2. The van der Waals surface area contributed by atoms with Crippen molar-refractivity contribution in [3.8, 4) is 0 Å². The lowest BCUT2D eigenvalue weighted by molar-refractivity contribution is 0.0753. The lowest BCUT2D eigenvalue weighted by Gasteiger charge is -2.45. The number of nitrogens with one attached hydrogen (secondary N) is 1. The van der Waals surface area contributed by atoms with Gasteiger partial charge in [-0.3, -0.25) is 4.79 Å². The molecule has 3 nitrogen and oxygen atoms in total. The van der Waals surface area contributed by atoms with Crippen LogP contribution in [0.4, 0.5) is 0 Å². The van der Waals surface area contributed by atoms with E-state index in [0.29, 0.717) is 23.9 Å². The molecule has 2 saturated carbocycles. The molecule has 1 aromatic heterocycles. The number of thiophene rings is 1. The highest BCUT2D eigenvalue weighted by atomic mass is 32.2. The van der Waals surface area contributed by atoms with Crippen molar-refractivity contribution in [3.05, 3.63) is 52.2 Å². The van der Waals surface area contributed by atoms with Crippen LogP contribution < -0.4 is 11.1 Å². The fourth-order valence-electron chi connectivity index (χ4n) is 4.58. The van der Waals surface area contributed by atoms with Gasteiger partial charge in [0.1, 0.15) is 0 Å². The first-order valence-corrected chi connectivity index (χ1v) is 11.4. The molecular weight excluding hydrogens is 360 g/mol. The Bertz CT molecular complexity index is 732. The van der Waals surface area contributed by atoms with Crippen LogP contribution in [-0.2, 0) is 5.75 Å². The van der Waals surface area contributed by atoms with E-state index in [-0.39, 0.29) is 5.91 Å². The maximum atomic E-state index is 13.1. The molecule has 1 amide bonds. The molecule has 2 fully saturated rings. The number of hydrogen-bond acceptors (Lipinski definition) is 4. The summed E-state index contributed by atoms with van der Waals surface area (Å²) >= 11 is 3.51. The summed E-state index contributed by atoms with van der Waals surface area (Å²) in [6, 6.07) is 12.8. The van der Waals surface area contributed by atoms with Crippen molar-refractivity contribution < 1.29 is 4.79 Å². The van der Waals surface area contributed by atoms with Crippen molar-refractivity contribution in [1.29, 1.82) is 0 Å². The van der Waals surface area contributed by atoms with Crippen LogP contribution in [0.25, 0.3) is 0 Å². The molecule has 2 unspecified atom stereocenters. The minimum Gasteiger partial charge on any atom is -0.349 e. The van der Waals surface area contributed by atoms with Gasteiger partial charge in [0.15, 0.2) is 0 Å². The van der Waals surface area contributed by atoms with Gasteiger partial charge in [-0.2, -0.15) is 0 Å². The Morgan fingerprint density at radius 3 is 2.65 bits per heavy atom. The molecule has 0 radical (unpaired) electrons. The van der Waals surface area contributed by atoms with Crippen molar-refractivity contribution in [2.45, 2.75) is 54.8 Å². The predicted octanol–water partition coefficient (Wildman–Crippen LogP) is 4.68. The van der Waals surface area contributed by atoms with Crippen LogP contribution in [0, 0.1) is 11.8 Å². The molecule has 2 aromatic rings. The van der Waals surface area contributed by atoms with Gasteiger partial charge in [-0.25, -0.2) is 0 Å². The second-order valence-electron chi connectivity index (χ2n) is 7.55. The summed E-state index contributed by atoms with van der Waals surface area (Å²) in [5.41, 5.74) is 7.03. The highest BCUT2D eigenvalue weighted by molar-refractivity contribution is 7.98. The standard InChI is InChI=1S/C21H26N2OS2/c22-16-11-14-5-3-6-15(12-16)20(14)23-21(24)18-8-1-2-9-19(18)26-13-17-7-4-10-25-17/h1-2,4,7-10,14-16,20H,3,5-6,11-13,22H2,(H,23,24). The molecule has 2 atom stereocenters. The van der Waals surface area contributed by atoms with E-state index in [0.717, 1.165) is 29.1 Å². The number of rotatable bonds is 5. The van der Waals surface area contributed by atoms with Gasteiger partial charge in [0.25, 0.3) is 5.91 Å².